The Labute approximate surface area is 99.9 Å². The molecule has 2 heteroatoms. The molecular formula is C13H32Si2. The van der Waals surface area contributed by atoms with Gasteiger partial charge in [-0.3, -0.25) is 0 Å². The fourth-order valence-corrected chi connectivity index (χ4v) is 10.8. The Morgan fingerprint density at radius 2 is 1.00 bits per heavy atom. The smallest absolute Gasteiger partial charge is 0.0524 e. The molecule has 0 unspecified atom stereocenters. The van der Waals surface area contributed by atoms with Gasteiger partial charge in [-0.05, 0) is 0 Å². The van der Waals surface area contributed by atoms with E-state index in [-0.39, 0.29) is 0 Å². The Morgan fingerprint density at radius 1 is 0.600 bits per heavy atom. The monoisotopic (exact) mass is 244 g/mol. The largest absolute Gasteiger partial charge is 0.0692 e. The molecule has 0 aliphatic rings. The Bertz CT molecular complexity index is 150. The highest BCUT2D eigenvalue weighted by Gasteiger charge is 2.31. The molecule has 15 heavy (non-hydrogen) atoms. The van der Waals surface area contributed by atoms with Gasteiger partial charge in [0, 0.05) is 8.07 Å². The van der Waals surface area contributed by atoms with Gasteiger partial charge in [0.1, 0.15) is 0 Å². The van der Waals surface area contributed by atoms with Crippen LogP contribution in [0, 0.1) is 0 Å². The van der Waals surface area contributed by atoms with Crippen LogP contribution in [0.5, 0.6) is 0 Å². The highest BCUT2D eigenvalue weighted by molar-refractivity contribution is 6.84. The Kier molecular flexibility index (Phi) is 7.10. The zero-order valence-corrected chi connectivity index (χ0v) is 13.9. The third-order valence-corrected chi connectivity index (χ3v) is 16.4. The summed E-state index contributed by atoms with van der Waals surface area (Å²) in [5, 5.41) is 0. The Balaban J connectivity index is 4.32. The van der Waals surface area contributed by atoms with Crippen molar-refractivity contribution in [3.05, 3.63) is 0 Å². The maximum atomic E-state index is 2.62. The van der Waals surface area contributed by atoms with Crippen LogP contribution in [-0.4, -0.2) is 16.1 Å². The van der Waals surface area contributed by atoms with Crippen LogP contribution in [0.3, 0.4) is 0 Å². The van der Waals surface area contributed by atoms with Gasteiger partial charge >= 0.3 is 0 Å². The lowest BCUT2D eigenvalue weighted by Crippen LogP contribution is -2.36. The fourth-order valence-electron chi connectivity index (χ4n) is 2.45. The second-order valence-electron chi connectivity index (χ2n) is 5.58. The van der Waals surface area contributed by atoms with E-state index >= 15 is 0 Å². The van der Waals surface area contributed by atoms with Crippen molar-refractivity contribution in [3.63, 3.8) is 0 Å². The van der Waals surface area contributed by atoms with Gasteiger partial charge in [-0.2, -0.15) is 0 Å². The highest BCUT2D eigenvalue weighted by atomic mass is 28.3. The Hall–Kier alpha value is 0.434. The zero-order valence-electron chi connectivity index (χ0n) is 11.9. The van der Waals surface area contributed by atoms with E-state index < -0.39 is 16.1 Å². The average molecular weight is 245 g/mol. The van der Waals surface area contributed by atoms with E-state index in [4.69, 9.17) is 0 Å². The molecule has 0 rings (SSSR count). The van der Waals surface area contributed by atoms with Crippen LogP contribution >= 0.6 is 0 Å². The van der Waals surface area contributed by atoms with Crippen molar-refractivity contribution in [1.82, 2.24) is 0 Å². The molecule has 0 aliphatic heterocycles. The second kappa shape index (κ2) is 6.90. The minimum atomic E-state index is -0.825. The third-order valence-electron chi connectivity index (χ3n) is 5.22. The van der Waals surface area contributed by atoms with Crippen LogP contribution in [0.2, 0.25) is 48.9 Å². The molecule has 0 nitrogen and oxygen atoms in total. The van der Waals surface area contributed by atoms with Crippen LogP contribution in [-0.2, 0) is 0 Å². The molecule has 0 spiro atoms. The molecule has 0 N–H and O–H groups in total. The molecule has 0 aromatic carbocycles. The summed E-state index contributed by atoms with van der Waals surface area (Å²) >= 11 is 0. The molecule has 92 valence electrons. The molecule has 0 aliphatic carbocycles. The summed E-state index contributed by atoms with van der Waals surface area (Å²) in [4.78, 5) is 0. The van der Waals surface area contributed by atoms with E-state index in [0.29, 0.717) is 0 Å². The maximum Gasteiger partial charge on any atom is 0.0524 e. The fraction of sp³-hybridized carbons (Fsp3) is 1.00. The van der Waals surface area contributed by atoms with E-state index in [2.05, 4.69) is 41.2 Å². The van der Waals surface area contributed by atoms with E-state index in [0.717, 1.165) is 0 Å². The molecule has 0 bridgehead atoms. The summed E-state index contributed by atoms with van der Waals surface area (Å²) in [6.07, 6.45) is 0. The molecule has 0 saturated heterocycles. The van der Waals surface area contributed by atoms with Gasteiger partial charge in [-0.25, -0.2) is 0 Å². The lowest BCUT2D eigenvalue weighted by atomic mass is 10.9. The van der Waals surface area contributed by atoms with Crippen molar-refractivity contribution >= 4 is 16.1 Å². The topological polar surface area (TPSA) is 0 Å². The first-order valence-corrected chi connectivity index (χ1v) is 13.0. The lowest BCUT2D eigenvalue weighted by molar-refractivity contribution is 1.07. The van der Waals surface area contributed by atoms with Crippen LogP contribution in [0.25, 0.3) is 0 Å². The maximum absolute atomic E-state index is 2.62. The molecule has 0 heterocycles. The van der Waals surface area contributed by atoms with Gasteiger partial charge in [0.15, 0.2) is 0 Å². The first-order chi connectivity index (χ1) is 7.01. The summed E-state index contributed by atoms with van der Waals surface area (Å²) in [6.45, 7) is 14.8. The summed E-state index contributed by atoms with van der Waals surface area (Å²) in [6, 6.07) is 10.8. The normalized spacial score (nSPS) is 13.2. The summed E-state index contributed by atoms with van der Waals surface area (Å²) in [5.41, 5.74) is 0. The zero-order chi connectivity index (χ0) is 11.9. The Morgan fingerprint density at radius 3 is 1.27 bits per heavy atom. The third kappa shape index (κ3) is 4.43. The van der Waals surface area contributed by atoms with E-state index in [1.807, 2.05) is 0 Å². The minimum Gasteiger partial charge on any atom is -0.0692 e. The second-order valence-corrected chi connectivity index (χ2v) is 16.7. The SMILES string of the molecule is CC[Si](C)(CC)CC[Si](CC)(CC)CC. The van der Waals surface area contributed by atoms with Crippen molar-refractivity contribution in [2.24, 2.45) is 0 Å². The highest BCUT2D eigenvalue weighted by Crippen LogP contribution is 2.32. The molecule has 0 saturated carbocycles. The first-order valence-electron chi connectivity index (χ1n) is 7.01. The van der Waals surface area contributed by atoms with Crippen molar-refractivity contribution in [2.75, 3.05) is 0 Å². The molecule has 0 radical (unpaired) electrons. The van der Waals surface area contributed by atoms with Crippen LogP contribution in [0.15, 0.2) is 0 Å². The molecule has 0 aromatic heterocycles. The summed E-state index contributed by atoms with van der Waals surface area (Å²) in [5.74, 6) is 0. The molecule has 0 fully saturated rings. The number of hydrogen-bond acceptors (Lipinski definition) is 0. The van der Waals surface area contributed by atoms with Gasteiger partial charge in [-0.1, -0.05) is 83.5 Å². The van der Waals surface area contributed by atoms with E-state index in [9.17, 15) is 0 Å². The molecule has 0 aromatic rings. The van der Waals surface area contributed by atoms with E-state index in [1.54, 1.807) is 12.1 Å². The van der Waals surface area contributed by atoms with Gasteiger partial charge in [0.05, 0.1) is 8.07 Å². The predicted octanol–water partition coefficient (Wildman–Crippen LogP) is 5.61. The first kappa shape index (κ1) is 15.4. The van der Waals surface area contributed by atoms with Gasteiger partial charge in [-0.15, -0.1) is 0 Å². The average Bonchev–Trinajstić information content (AvgIpc) is 2.31. The van der Waals surface area contributed by atoms with Crippen LogP contribution in [0.1, 0.15) is 34.6 Å². The minimum absolute atomic E-state index is 0.821. The van der Waals surface area contributed by atoms with E-state index in [1.165, 1.54) is 30.2 Å². The molecular weight excluding hydrogens is 212 g/mol. The standard InChI is InChI=1S/C13H32Si2/c1-7-14(6,8-2)12-13-15(9-3,10-4)11-5/h7-13H2,1-6H3. The van der Waals surface area contributed by atoms with Gasteiger partial charge < -0.3 is 0 Å². The van der Waals surface area contributed by atoms with Crippen molar-refractivity contribution in [1.29, 1.82) is 0 Å². The van der Waals surface area contributed by atoms with Crippen LogP contribution < -0.4 is 0 Å². The number of rotatable bonds is 8. The van der Waals surface area contributed by atoms with Gasteiger partial charge in [0.2, 0.25) is 0 Å². The lowest BCUT2D eigenvalue weighted by Gasteiger charge is -2.33. The van der Waals surface area contributed by atoms with Gasteiger partial charge in [0.25, 0.3) is 0 Å². The van der Waals surface area contributed by atoms with Crippen molar-refractivity contribution < 1.29 is 0 Å². The quantitative estimate of drug-likeness (QED) is 0.487. The number of hydrogen-bond donors (Lipinski definition) is 0. The summed E-state index contributed by atoms with van der Waals surface area (Å²) in [7, 11) is -1.65. The van der Waals surface area contributed by atoms with Crippen molar-refractivity contribution in [2.45, 2.75) is 83.5 Å². The summed E-state index contributed by atoms with van der Waals surface area (Å²) < 4.78 is 0. The van der Waals surface area contributed by atoms with Crippen molar-refractivity contribution in [3.8, 4) is 0 Å². The molecule has 0 atom stereocenters. The predicted molar refractivity (Wildman–Crippen MR) is 79.4 cm³/mol. The molecule has 0 amide bonds. The van der Waals surface area contributed by atoms with Crippen LogP contribution in [0.4, 0.5) is 0 Å².